The van der Waals surface area contributed by atoms with Crippen molar-refractivity contribution < 1.29 is 0 Å². The smallest absolute Gasteiger partial charge is 0.189 e. The van der Waals surface area contributed by atoms with Crippen molar-refractivity contribution in [3.05, 3.63) is 23.9 Å². The van der Waals surface area contributed by atoms with Crippen LogP contribution in [-0.4, -0.2) is 55.1 Å². The van der Waals surface area contributed by atoms with Crippen LogP contribution >= 0.6 is 24.0 Å². The van der Waals surface area contributed by atoms with Crippen LogP contribution in [0.2, 0.25) is 0 Å². The molecule has 1 aliphatic carbocycles. The van der Waals surface area contributed by atoms with Gasteiger partial charge in [0.15, 0.2) is 5.96 Å². The average Bonchev–Trinajstić information content (AvgIpc) is 2.89. The van der Waals surface area contributed by atoms with E-state index in [1.54, 1.807) is 0 Å². The van der Waals surface area contributed by atoms with Crippen LogP contribution in [0.4, 0.5) is 5.82 Å². The number of nitrogens with one attached hydrogen (secondary N) is 1. The van der Waals surface area contributed by atoms with Gasteiger partial charge in [-0.1, -0.05) is 25.7 Å². The molecular formula is C19H33IN6. The van der Waals surface area contributed by atoms with Crippen LogP contribution in [0.25, 0.3) is 0 Å². The Morgan fingerprint density at radius 1 is 1.19 bits per heavy atom. The number of nitrogens with zero attached hydrogens (tertiary/aromatic N) is 4. The molecule has 6 nitrogen and oxygen atoms in total. The molecule has 1 saturated heterocycles. The number of aliphatic imine (C=N–C) groups is 1. The first-order valence-corrected chi connectivity index (χ1v) is 9.65. The van der Waals surface area contributed by atoms with Crippen LogP contribution < -0.4 is 16.0 Å². The molecule has 0 aromatic carbocycles. The largest absolute Gasteiger partial charge is 0.370 e. The summed E-state index contributed by atoms with van der Waals surface area (Å²) in [6.45, 7) is 4.84. The van der Waals surface area contributed by atoms with E-state index in [9.17, 15) is 0 Å². The monoisotopic (exact) mass is 472 g/mol. The molecule has 1 saturated carbocycles. The quantitative estimate of drug-likeness (QED) is 0.305. The number of pyridine rings is 1. The molecule has 26 heavy (non-hydrogen) atoms. The lowest BCUT2D eigenvalue weighted by Gasteiger charge is -2.33. The van der Waals surface area contributed by atoms with Crippen molar-refractivity contribution >= 4 is 35.8 Å². The Bertz CT molecular complexity index is 563. The number of anilines is 1. The summed E-state index contributed by atoms with van der Waals surface area (Å²) in [7, 11) is 2.17. The Kier molecular flexibility index (Phi) is 8.90. The second-order valence-electron chi connectivity index (χ2n) is 7.35. The van der Waals surface area contributed by atoms with Crippen LogP contribution in [0.15, 0.2) is 23.3 Å². The Morgan fingerprint density at radius 2 is 1.88 bits per heavy atom. The maximum atomic E-state index is 6.11. The van der Waals surface area contributed by atoms with Crippen LogP contribution in [0.3, 0.4) is 0 Å². The second kappa shape index (κ2) is 10.9. The summed E-state index contributed by atoms with van der Waals surface area (Å²) < 4.78 is 0. The molecular weight excluding hydrogens is 439 g/mol. The molecule has 2 heterocycles. The lowest BCUT2D eigenvalue weighted by Crippen LogP contribution is -2.44. The number of nitrogens with two attached hydrogens (primary N) is 1. The van der Waals surface area contributed by atoms with Crippen LogP contribution in [-0.2, 0) is 6.54 Å². The van der Waals surface area contributed by atoms with Gasteiger partial charge < -0.3 is 20.9 Å². The predicted molar refractivity (Wildman–Crippen MR) is 119 cm³/mol. The zero-order valence-electron chi connectivity index (χ0n) is 15.9. The fourth-order valence-corrected chi connectivity index (χ4v) is 3.62. The highest BCUT2D eigenvalue weighted by Gasteiger charge is 2.15. The summed E-state index contributed by atoms with van der Waals surface area (Å²) in [6.07, 6.45) is 9.58. The average molecular weight is 472 g/mol. The number of halogens is 1. The Labute approximate surface area is 174 Å². The van der Waals surface area contributed by atoms with E-state index in [1.165, 1.54) is 38.5 Å². The molecule has 2 fully saturated rings. The number of guanidine groups is 1. The van der Waals surface area contributed by atoms with E-state index in [0.29, 0.717) is 18.5 Å². The van der Waals surface area contributed by atoms with Gasteiger partial charge in [0.1, 0.15) is 5.82 Å². The third kappa shape index (κ3) is 6.57. The molecule has 7 heteroatoms. The number of piperazine rings is 1. The highest BCUT2D eigenvalue weighted by Crippen LogP contribution is 2.17. The van der Waals surface area contributed by atoms with E-state index in [0.717, 1.165) is 37.6 Å². The van der Waals surface area contributed by atoms with E-state index < -0.39 is 0 Å². The van der Waals surface area contributed by atoms with Gasteiger partial charge in [-0.2, -0.15) is 0 Å². The molecule has 1 aromatic heterocycles. The minimum Gasteiger partial charge on any atom is -0.370 e. The number of hydrogen-bond donors (Lipinski definition) is 2. The molecule has 1 aliphatic heterocycles. The van der Waals surface area contributed by atoms with Crippen molar-refractivity contribution in [2.45, 2.75) is 51.1 Å². The van der Waals surface area contributed by atoms with Crippen LogP contribution in [0.1, 0.15) is 44.1 Å². The summed E-state index contributed by atoms with van der Waals surface area (Å²) in [5.41, 5.74) is 7.27. The number of rotatable bonds is 4. The third-order valence-corrected chi connectivity index (χ3v) is 5.28. The molecule has 0 unspecified atom stereocenters. The number of hydrogen-bond acceptors (Lipinski definition) is 4. The van der Waals surface area contributed by atoms with Gasteiger partial charge in [-0.15, -0.1) is 24.0 Å². The third-order valence-electron chi connectivity index (χ3n) is 5.28. The number of aromatic nitrogens is 1. The van der Waals surface area contributed by atoms with Gasteiger partial charge >= 0.3 is 0 Å². The Hall–Kier alpha value is -1.09. The maximum Gasteiger partial charge on any atom is 0.189 e. The molecule has 0 radical (unpaired) electrons. The van der Waals surface area contributed by atoms with E-state index in [4.69, 9.17) is 5.73 Å². The van der Waals surface area contributed by atoms with Crippen molar-refractivity contribution in [3.63, 3.8) is 0 Å². The molecule has 0 amide bonds. The first-order chi connectivity index (χ1) is 12.2. The molecule has 2 aliphatic rings. The van der Waals surface area contributed by atoms with Gasteiger partial charge in [0.2, 0.25) is 0 Å². The first-order valence-electron chi connectivity index (χ1n) is 9.65. The zero-order valence-corrected chi connectivity index (χ0v) is 18.2. The SMILES string of the molecule is CN1CCN(c2cc(CN=C(N)NC3CCCCCC3)ccn2)CC1.I. The molecule has 0 atom stereocenters. The van der Waals surface area contributed by atoms with E-state index in [2.05, 4.69) is 38.2 Å². The summed E-state index contributed by atoms with van der Waals surface area (Å²) in [4.78, 5) is 13.8. The topological polar surface area (TPSA) is 69.8 Å². The van der Waals surface area contributed by atoms with Crippen molar-refractivity contribution in [1.29, 1.82) is 0 Å². The van der Waals surface area contributed by atoms with Gasteiger partial charge in [0.25, 0.3) is 0 Å². The van der Waals surface area contributed by atoms with Gasteiger partial charge in [-0.25, -0.2) is 9.98 Å². The van der Waals surface area contributed by atoms with Crippen molar-refractivity contribution in [3.8, 4) is 0 Å². The Morgan fingerprint density at radius 3 is 2.58 bits per heavy atom. The number of likely N-dealkylation sites (N-methyl/N-ethyl adjacent to an activating group) is 1. The van der Waals surface area contributed by atoms with E-state index in [1.807, 2.05) is 12.3 Å². The maximum absolute atomic E-state index is 6.11. The minimum absolute atomic E-state index is 0. The van der Waals surface area contributed by atoms with Gasteiger partial charge in [0, 0.05) is 38.4 Å². The van der Waals surface area contributed by atoms with Gasteiger partial charge in [0.05, 0.1) is 6.54 Å². The van der Waals surface area contributed by atoms with Gasteiger partial charge in [-0.05, 0) is 37.6 Å². The fraction of sp³-hybridized carbons (Fsp3) is 0.684. The van der Waals surface area contributed by atoms with Crippen LogP contribution in [0, 0.1) is 0 Å². The lowest BCUT2D eigenvalue weighted by atomic mass is 10.1. The Balaban J connectivity index is 0.00000243. The normalized spacial score (nSPS) is 20.3. The lowest BCUT2D eigenvalue weighted by molar-refractivity contribution is 0.312. The molecule has 0 spiro atoms. The van der Waals surface area contributed by atoms with E-state index >= 15 is 0 Å². The van der Waals surface area contributed by atoms with Crippen molar-refractivity contribution in [2.24, 2.45) is 10.7 Å². The minimum atomic E-state index is 0. The predicted octanol–water partition coefficient (Wildman–Crippen LogP) is 2.58. The molecule has 3 N–H and O–H groups in total. The van der Waals surface area contributed by atoms with Crippen LogP contribution in [0.5, 0.6) is 0 Å². The summed E-state index contributed by atoms with van der Waals surface area (Å²) in [5.74, 6) is 1.63. The second-order valence-corrected chi connectivity index (χ2v) is 7.35. The van der Waals surface area contributed by atoms with Crippen molar-refractivity contribution in [1.82, 2.24) is 15.2 Å². The molecule has 146 valence electrons. The molecule has 3 rings (SSSR count). The highest BCUT2D eigenvalue weighted by atomic mass is 127. The zero-order chi connectivity index (χ0) is 17.5. The summed E-state index contributed by atoms with van der Waals surface area (Å²) in [6, 6.07) is 4.67. The van der Waals surface area contributed by atoms with Gasteiger partial charge in [-0.3, -0.25) is 0 Å². The van der Waals surface area contributed by atoms with Crippen molar-refractivity contribution in [2.75, 3.05) is 38.1 Å². The first kappa shape index (κ1) is 21.2. The summed E-state index contributed by atoms with van der Waals surface area (Å²) in [5, 5.41) is 3.41. The summed E-state index contributed by atoms with van der Waals surface area (Å²) >= 11 is 0. The highest BCUT2D eigenvalue weighted by molar-refractivity contribution is 14.0. The molecule has 0 bridgehead atoms. The fourth-order valence-electron chi connectivity index (χ4n) is 3.62. The molecule has 1 aromatic rings. The standard InChI is InChI=1S/C19H32N6.HI/c1-24-10-12-25(13-11-24)18-14-16(8-9-21-18)15-22-19(20)23-17-6-4-2-3-5-7-17;/h8-9,14,17H,2-7,10-13,15H2,1H3,(H3,20,22,23);1H. The van der Waals surface area contributed by atoms with E-state index in [-0.39, 0.29) is 24.0 Å².